The van der Waals surface area contributed by atoms with E-state index in [9.17, 15) is 14.9 Å². The molecule has 0 spiro atoms. The number of hydrogen-bond donors (Lipinski definition) is 1. The fraction of sp³-hybridized carbons (Fsp3) is 0.250. The van der Waals surface area contributed by atoms with Crippen LogP contribution in [0, 0.1) is 17.0 Å². The Hall–Kier alpha value is -2.75. The molecule has 1 aromatic carbocycles. The number of nitro groups is 1. The molecule has 10 heteroatoms. The first kappa shape index (κ1) is 15.6. The smallest absolute Gasteiger partial charge is 0.282 e. The van der Waals surface area contributed by atoms with E-state index in [1.54, 1.807) is 26.0 Å². The summed E-state index contributed by atoms with van der Waals surface area (Å²) in [5.41, 5.74) is 6.48. The quantitative estimate of drug-likeness (QED) is 0.393. The molecule has 1 aromatic rings. The Bertz CT molecular complexity index is 730. The number of aryl methyl sites for hydroxylation is 1. The van der Waals surface area contributed by atoms with Crippen LogP contribution in [0.3, 0.4) is 0 Å². The van der Waals surface area contributed by atoms with Crippen LogP contribution in [-0.4, -0.2) is 32.7 Å². The van der Waals surface area contributed by atoms with E-state index in [0.717, 1.165) is 5.01 Å². The minimum Gasteiger partial charge on any atom is -0.374 e. The maximum atomic E-state index is 12.0. The number of benzene rings is 1. The van der Waals surface area contributed by atoms with Gasteiger partial charge in [-0.05, 0) is 32.1 Å². The van der Waals surface area contributed by atoms with Crippen LogP contribution in [0.4, 0.5) is 11.4 Å². The third-order valence-corrected chi connectivity index (χ3v) is 3.16. The summed E-state index contributed by atoms with van der Waals surface area (Å²) in [6, 6.07) is 3.49. The molecule has 1 amide bonds. The van der Waals surface area contributed by atoms with Crippen LogP contribution < -0.4 is 5.73 Å². The number of hydrogen-bond acceptors (Lipinski definition) is 7. The van der Waals surface area contributed by atoms with E-state index in [-0.39, 0.29) is 16.5 Å². The molecule has 22 heavy (non-hydrogen) atoms. The lowest BCUT2D eigenvalue weighted by atomic mass is 10.2. The minimum atomic E-state index is -0.929. The monoisotopic (exact) mass is 320 g/mol. The number of carbonyl (C=O) groups is 1. The highest BCUT2D eigenvalue weighted by Crippen LogP contribution is 2.25. The van der Waals surface area contributed by atoms with Crippen molar-refractivity contribution in [2.45, 2.75) is 19.9 Å². The lowest BCUT2D eigenvalue weighted by molar-refractivity contribution is -0.385. The summed E-state index contributed by atoms with van der Waals surface area (Å²) in [7, 11) is 0. The molecule has 9 nitrogen and oxygen atoms in total. The normalized spacial score (nSPS) is 17.9. The van der Waals surface area contributed by atoms with Crippen molar-refractivity contribution < 1.29 is 9.72 Å². The lowest BCUT2D eigenvalue weighted by Crippen LogP contribution is -2.37. The summed E-state index contributed by atoms with van der Waals surface area (Å²) in [5.74, 6) is -0.504. The molecular weight excluding hydrogens is 308 g/mol. The van der Waals surface area contributed by atoms with Gasteiger partial charge in [0.15, 0.2) is 11.2 Å². The van der Waals surface area contributed by atoms with Crippen molar-refractivity contribution in [3.63, 3.8) is 0 Å². The molecule has 0 saturated carbocycles. The topological polar surface area (TPSA) is 127 Å². The fourth-order valence-corrected chi connectivity index (χ4v) is 1.96. The predicted octanol–water partition coefficient (Wildman–Crippen LogP) is 1.82. The highest BCUT2D eigenvalue weighted by molar-refractivity contribution is 7.80. The zero-order valence-corrected chi connectivity index (χ0v) is 12.6. The Kier molecular flexibility index (Phi) is 4.22. The molecule has 1 aliphatic rings. The minimum absolute atomic E-state index is 0.0654. The molecule has 0 aromatic heterocycles. The molecule has 1 aliphatic heterocycles. The molecule has 1 heterocycles. The highest BCUT2D eigenvalue weighted by Gasteiger charge is 2.35. The van der Waals surface area contributed by atoms with Crippen molar-refractivity contribution in [3.05, 3.63) is 33.9 Å². The van der Waals surface area contributed by atoms with Gasteiger partial charge in [0, 0.05) is 11.6 Å². The van der Waals surface area contributed by atoms with E-state index in [1.807, 2.05) is 0 Å². The van der Waals surface area contributed by atoms with Crippen molar-refractivity contribution in [1.82, 2.24) is 5.01 Å². The van der Waals surface area contributed by atoms with Gasteiger partial charge in [0.1, 0.15) is 0 Å². The van der Waals surface area contributed by atoms with Gasteiger partial charge in [-0.3, -0.25) is 14.9 Å². The van der Waals surface area contributed by atoms with E-state index in [2.05, 4.69) is 15.3 Å². The van der Waals surface area contributed by atoms with Crippen LogP contribution in [0.2, 0.25) is 0 Å². The second kappa shape index (κ2) is 5.93. The average Bonchev–Trinajstić information content (AvgIpc) is 2.73. The summed E-state index contributed by atoms with van der Waals surface area (Å²) in [6.07, 6.45) is 0. The van der Waals surface area contributed by atoms with Crippen molar-refractivity contribution in [2.24, 2.45) is 21.1 Å². The summed E-state index contributed by atoms with van der Waals surface area (Å²) in [4.78, 5) is 22.4. The Morgan fingerprint density at radius 2 is 2.18 bits per heavy atom. The van der Waals surface area contributed by atoms with Crippen LogP contribution in [0.1, 0.15) is 12.5 Å². The summed E-state index contributed by atoms with van der Waals surface area (Å²) in [5, 5.41) is 23.2. The molecular formula is C12H12N6O3S. The number of hydrazone groups is 1. The molecule has 0 radical (unpaired) electrons. The third-order valence-electron chi connectivity index (χ3n) is 2.98. The number of thiocarbonyl (C=S) groups is 1. The van der Waals surface area contributed by atoms with Crippen molar-refractivity contribution in [2.75, 3.05) is 0 Å². The second-order valence-corrected chi connectivity index (χ2v) is 4.99. The number of azo groups is 1. The van der Waals surface area contributed by atoms with Gasteiger partial charge < -0.3 is 5.73 Å². The van der Waals surface area contributed by atoms with Crippen LogP contribution in [0.15, 0.2) is 33.5 Å². The Balaban J connectivity index is 2.25. The number of nitrogens with zero attached hydrogens (tertiary/aromatic N) is 5. The zero-order valence-electron chi connectivity index (χ0n) is 11.8. The van der Waals surface area contributed by atoms with Gasteiger partial charge in [-0.1, -0.05) is 6.07 Å². The summed E-state index contributed by atoms with van der Waals surface area (Å²) < 4.78 is 0. The van der Waals surface area contributed by atoms with E-state index < -0.39 is 16.9 Å². The molecule has 1 unspecified atom stereocenters. The fourth-order valence-electron chi connectivity index (χ4n) is 1.83. The Morgan fingerprint density at radius 1 is 1.50 bits per heavy atom. The van der Waals surface area contributed by atoms with Gasteiger partial charge >= 0.3 is 0 Å². The van der Waals surface area contributed by atoms with Crippen LogP contribution in [0.5, 0.6) is 0 Å². The van der Waals surface area contributed by atoms with Crippen molar-refractivity contribution in [3.8, 4) is 0 Å². The number of amides is 1. The molecule has 114 valence electrons. The van der Waals surface area contributed by atoms with E-state index in [1.165, 1.54) is 6.07 Å². The van der Waals surface area contributed by atoms with Gasteiger partial charge in [0.2, 0.25) is 0 Å². The average molecular weight is 320 g/mol. The highest BCUT2D eigenvalue weighted by atomic mass is 32.1. The van der Waals surface area contributed by atoms with Crippen LogP contribution in [-0.2, 0) is 4.79 Å². The van der Waals surface area contributed by atoms with E-state index in [4.69, 9.17) is 18.0 Å². The molecule has 0 fully saturated rings. The summed E-state index contributed by atoms with van der Waals surface area (Å²) >= 11 is 4.70. The van der Waals surface area contributed by atoms with Gasteiger partial charge in [0.05, 0.1) is 16.3 Å². The molecule has 0 bridgehead atoms. The Labute approximate surface area is 130 Å². The molecule has 0 aliphatic carbocycles. The first-order valence-corrected chi connectivity index (χ1v) is 6.56. The van der Waals surface area contributed by atoms with Gasteiger partial charge in [-0.2, -0.15) is 20.3 Å². The molecule has 2 N–H and O–H groups in total. The second-order valence-electron chi connectivity index (χ2n) is 4.58. The SMILES string of the molecule is CC1=NN(C(N)=S)C(=O)C1N=Nc1ccc(C)c([N+](=O)[O-])c1. The van der Waals surface area contributed by atoms with Crippen LogP contribution >= 0.6 is 12.2 Å². The van der Waals surface area contributed by atoms with Gasteiger partial charge in [-0.25, -0.2) is 0 Å². The largest absolute Gasteiger partial charge is 0.374 e. The van der Waals surface area contributed by atoms with E-state index in [0.29, 0.717) is 11.3 Å². The molecule has 0 saturated heterocycles. The lowest BCUT2D eigenvalue weighted by Gasteiger charge is -2.08. The number of nitrogens with two attached hydrogens (primary N) is 1. The van der Waals surface area contributed by atoms with Gasteiger partial charge in [0.25, 0.3) is 11.6 Å². The third kappa shape index (κ3) is 2.96. The predicted molar refractivity (Wildman–Crippen MR) is 82.9 cm³/mol. The number of rotatable bonds is 3. The number of nitro benzene ring substituents is 1. The number of carbonyl (C=O) groups excluding carboxylic acids is 1. The first-order valence-electron chi connectivity index (χ1n) is 6.15. The maximum Gasteiger partial charge on any atom is 0.282 e. The Morgan fingerprint density at radius 3 is 2.73 bits per heavy atom. The molecule has 2 rings (SSSR count). The standard InChI is InChI=1S/C12H12N6O3S/c1-6-3-4-8(5-9(6)18(20)21)14-15-10-7(2)16-17(11(10)19)12(13)22/h3-5,10H,1-2H3,(H2,13,22). The van der Waals surface area contributed by atoms with Gasteiger partial charge in [-0.15, -0.1) is 0 Å². The molecule has 1 atom stereocenters. The van der Waals surface area contributed by atoms with E-state index >= 15 is 0 Å². The van der Waals surface area contributed by atoms with Crippen LogP contribution in [0.25, 0.3) is 0 Å². The van der Waals surface area contributed by atoms with Crippen molar-refractivity contribution >= 4 is 40.3 Å². The first-order chi connectivity index (χ1) is 10.3. The van der Waals surface area contributed by atoms with Crippen molar-refractivity contribution in [1.29, 1.82) is 0 Å². The summed E-state index contributed by atoms with van der Waals surface area (Å²) in [6.45, 7) is 3.22. The zero-order chi connectivity index (χ0) is 16.4. The maximum absolute atomic E-state index is 12.0.